The lowest BCUT2D eigenvalue weighted by molar-refractivity contribution is 0.270. The van der Waals surface area contributed by atoms with Crippen LogP contribution in [0.2, 0.25) is 0 Å². The molecule has 0 saturated heterocycles. The third kappa shape index (κ3) is 4.59. The van der Waals surface area contributed by atoms with Crippen LogP contribution < -0.4 is 0 Å². The molecule has 0 heterocycles. The molecule has 0 radical (unpaired) electrons. The lowest BCUT2D eigenvalue weighted by Crippen LogP contribution is -2.16. The smallest absolute Gasteiger partial charge is 0.000267 e. The number of rotatable bonds is 7. The van der Waals surface area contributed by atoms with Gasteiger partial charge < -0.3 is 0 Å². The van der Waals surface area contributed by atoms with Crippen molar-refractivity contribution in [2.75, 3.05) is 0 Å². The lowest BCUT2D eigenvalue weighted by atomic mass is 9.76. The van der Waals surface area contributed by atoms with Gasteiger partial charge in [-0.05, 0) is 65.8 Å². The van der Waals surface area contributed by atoms with Gasteiger partial charge >= 0.3 is 0 Å². The first-order chi connectivity index (χ1) is 10.5. The molecule has 0 aromatic rings. The minimum absolute atomic E-state index is 0.496. The predicted molar refractivity (Wildman–Crippen MR) is 103 cm³/mol. The Kier molecular flexibility index (Phi) is 7.64. The van der Waals surface area contributed by atoms with Crippen molar-refractivity contribution >= 4 is 9.24 Å². The largest absolute Gasteiger partial charge is 0.128 e. The summed E-state index contributed by atoms with van der Waals surface area (Å²) >= 11 is 0. The zero-order chi connectivity index (χ0) is 16.7. The molecule has 1 aliphatic rings. The second-order valence-electron chi connectivity index (χ2n) is 6.13. The van der Waals surface area contributed by atoms with Gasteiger partial charge in [-0.1, -0.05) is 52.0 Å². The van der Waals surface area contributed by atoms with Crippen LogP contribution in [0.25, 0.3) is 0 Å². The molecule has 0 bridgehead atoms. The maximum Gasteiger partial charge on any atom is -0.000267 e. The predicted octanol–water partition coefficient (Wildman–Crippen LogP) is 6.52. The van der Waals surface area contributed by atoms with Crippen LogP contribution in [0.5, 0.6) is 0 Å². The molecule has 2 atom stereocenters. The van der Waals surface area contributed by atoms with E-state index in [9.17, 15) is 0 Å². The van der Waals surface area contributed by atoms with Gasteiger partial charge in [0.2, 0.25) is 0 Å². The number of hydrogen-bond acceptors (Lipinski definition) is 0. The highest BCUT2D eigenvalue weighted by Crippen LogP contribution is 2.38. The Morgan fingerprint density at radius 3 is 2.41 bits per heavy atom. The fourth-order valence-electron chi connectivity index (χ4n) is 3.00. The second kappa shape index (κ2) is 8.97. The van der Waals surface area contributed by atoms with Crippen molar-refractivity contribution in [3.63, 3.8) is 0 Å². The summed E-state index contributed by atoms with van der Waals surface area (Å²) in [6.45, 7) is 18.2. The summed E-state index contributed by atoms with van der Waals surface area (Å²) in [6, 6.07) is 0. The monoisotopic (exact) mass is 312 g/mol. The molecule has 1 fully saturated rings. The van der Waals surface area contributed by atoms with Crippen molar-refractivity contribution in [2.24, 2.45) is 11.8 Å². The first-order valence-electron chi connectivity index (χ1n) is 8.04. The van der Waals surface area contributed by atoms with Gasteiger partial charge in [0.1, 0.15) is 0 Å². The summed E-state index contributed by atoms with van der Waals surface area (Å²) in [4.78, 5) is 0. The van der Waals surface area contributed by atoms with Crippen molar-refractivity contribution in [1.82, 2.24) is 0 Å². The third-order valence-corrected chi connectivity index (χ3v) is 5.43. The first-order valence-corrected chi connectivity index (χ1v) is 8.62. The molecule has 2 unspecified atom stereocenters. The molecule has 0 N–H and O–H groups in total. The molecule has 1 saturated carbocycles. The number of hydrogen-bond donors (Lipinski definition) is 0. The Hall–Kier alpha value is -1.31. The fraction of sp³-hybridized carbons (Fsp3) is 0.429. The summed E-state index contributed by atoms with van der Waals surface area (Å²) in [5, 5.41) is 1.12. The molecule has 1 heteroatoms. The van der Waals surface area contributed by atoms with Crippen LogP contribution in [0.4, 0.5) is 0 Å². The average molecular weight is 312 g/mol. The van der Waals surface area contributed by atoms with Gasteiger partial charge in [-0.2, -0.15) is 0 Å². The average Bonchev–Trinajstić information content (AvgIpc) is 2.47. The molecule has 22 heavy (non-hydrogen) atoms. The highest BCUT2D eigenvalue weighted by Gasteiger charge is 2.23. The summed E-state index contributed by atoms with van der Waals surface area (Å²) in [5.41, 5.74) is 10.5. The standard InChI is InChI=1S/C21H29P/c1-7-11-19(8-2)16(5)21(22)17(6)20(9-3)15(4)14-18-12-10-13-18/h8,11,15,18H,1,3,5,10,12-14,22H2,2,4,6H3/b19-8-,21-17-. The molecule has 0 aromatic carbocycles. The second-order valence-corrected chi connectivity index (χ2v) is 6.71. The maximum absolute atomic E-state index is 4.22. The zero-order valence-electron chi connectivity index (χ0n) is 14.3. The zero-order valence-corrected chi connectivity index (χ0v) is 15.5. The Morgan fingerprint density at radius 1 is 1.36 bits per heavy atom. The third-order valence-electron chi connectivity index (χ3n) is 4.65. The minimum atomic E-state index is 0.496. The molecule has 0 nitrogen and oxygen atoms in total. The van der Waals surface area contributed by atoms with E-state index in [2.05, 4.69) is 54.3 Å². The van der Waals surface area contributed by atoms with Crippen LogP contribution in [-0.2, 0) is 0 Å². The van der Waals surface area contributed by atoms with Crippen molar-refractivity contribution in [2.45, 2.75) is 46.5 Å². The summed E-state index contributed by atoms with van der Waals surface area (Å²) < 4.78 is 0. The topological polar surface area (TPSA) is 0 Å². The molecule has 0 amide bonds. The molecule has 118 valence electrons. The van der Waals surface area contributed by atoms with Crippen molar-refractivity contribution in [3.8, 4) is 0 Å². The van der Waals surface area contributed by atoms with Gasteiger partial charge in [-0.3, -0.25) is 0 Å². The molecule has 0 spiro atoms. The van der Waals surface area contributed by atoms with E-state index in [4.69, 9.17) is 0 Å². The summed E-state index contributed by atoms with van der Waals surface area (Å²) in [5.74, 6) is 1.38. The van der Waals surface area contributed by atoms with E-state index in [-0.39, 0.29) is 0 Å². The van der Waals surface area contributed by atoms with Crippen LogP contribution in [0, 0.1) is 11.8 Å². The van der Waals surface area contributed by atoms with Crippen LogP contribution in [0.3, 0.4) is 0 Å². The molecule has 0 aromatic heterocycles. The van der Waals surface area contributed by atoms with Gasteiger partial charge in [0, 0.05) is 0 Å². The van der Waals surface area contributed by atoms with E-state index < -0.39 is 0 Å². The van der Waals surface area contributed by atoms with Gasteiger partial charge in [0.05, 0.1) is 0 Å². The lowest BCUT2D eigenvalue weighted by Gasteiger charge is -2.29. The summed E-state index contributed by atoms with van der Waals surface area (Å²) in [7, 11) is 2.83. The van der Waals surface area contributed by atoms with Gasteiger partial charge in [0.15, 0.2) is 0 Å². The van der Waals surface area contributed by atoms with Crippen molar-refractivity contribution in [1.29, 1.82) is 0 Å². The van der Waals surface area contributed by atoms with E-state index in [1.165, 1.54) is 36.8 Å². The molecular weight excluding hydrogens is 283 g/mol. The quantitative estimate of drug-likeness (QED) is 0.285. The van der Waals surface area contributed by atoms with Gasteiger partial charge in [-0.15, -0.1) is 20.7 Å². The Balaban J connectivity index is 3.01. The molecular formula is C21H29P. The van der Waals surface area contributed by atoms with Crippen LogP contribution in [0.15, 0.2) is 71.0 Å². The van der Waals surface area contributed by atoms with E-state index >= 15 is 0 Å². The highest BCUT2D eigenvalue weighted by molar-refractivity contribution is 7.23. The van der Waals surface area contributed by atoms with Crippen LogP contribution in [-0.4, -0.2) is 0 Å². The van der Waals surface area contributed by atoms with Crippen molar-refractivity contribution in [3.05, 3.63) is 71.0 Å². The molecule has 1 rings (SSSR count). The normalized spacial score (nSPS) is 17.5. The van der Waals surface area contributed by atoms with E-state index in [0.29, 0.717) is 5.92 Å². The maximum atomic E-state index is 4.22. The van der Waals surface area contributed by atoms with Crippen LogP contribution >= 0.6 is 9.24 Å². The Morgan fingerprint density at radius 2 is 2.00 bits per heavy atom. The Labute approximate surface area is 139 Å². The van der Waals surface area contributed by atoms with Gasteiger partial charge in [0.25, 0.3) is 0 Å². The molecule has 0 aliphatic heterocycles. The van der Waals surface area contributed by atoms with Crippen LogP contribution in [0.1, 0.15) is 46.5 Å². The Bertz CT molecular complexity index is 583. The number of allylic oxidation sites excluding steroid dienone is 7. The minimum Gasteiger partial charge on any atom is -0.128 e. The van der Waals surface area contributed by atoms with Crippen molar-refractivity contribution < 1.29 is 0 Å². The SMILES string of the molecule is C=C=C/C(=C/C)C(=C)/C(P)=C(\C)C(=C=C)C(C)CC1CCC1. The highest BCUT2D eigenvalue weighted by atomic mass is 31.0. The first kappa shape index (κ1) is 18.7. The van der Waals surface area contributed by atoms with E-state index in [0.717, 1.165) is 22.4 Å². The van der Waals surface area contributed by atoms with E-state index in [1.54, 1.807) is 0 Å². The van der Waals surface area contributed by atoms with Gasteiger partial charge in [-0.25, -0.2) is 0 Å². The molecule has 1 aliphatic carbocycles. The fourth-order valence-corrected chi connectivity index (χ4v) is 3.33. The van der Waals surface area contributed by atoms with E-state index in [1.807, 2.05) is 19.1 Å². The summed E-state index contributed by atoms with van der Waals surface area (Å²) in [6.07, 6.45) is 9.30.